The van der Waals surface area contributed by atoms with Crippen molar-refractivity contribution in [2.45, 2.75) is 45.3 Å². The average Bonchev–Trinajstić information content (AvgIpc) is 2.56. The highest BCUT2D eigenvalue weighted by Crippen LogP contribution is 2.38. The van der Waals surface area contributed by atoms with E-state index in [9.17, 15) is 14.9 Å². The molecule has 0 N–H and O–H groups in total. The first kappa shape index (κ1) is 15.3. The fraction of sp³-hybridized carbons (Fsp3) is 0.533. The zero-order chi connectivity index (χ0) is 15.6. The summed E-state index contributed by atoms with van der Waals surface area (Å²) >= 11 is 0. The average molecular weight is 292 g/mol. The van der Waals surface area contributed by atoms with Crippen LogP contribution in [0, 0.1) is 10.1 Å². The van der Waals surface area contributed by atoms with Crippen LogP contribution >= 0.6 is 0 Å². The number of ether oxygens (including phenoxy) is 1. The maximum Gasteiger partial charge on any atom is 0.311 e. The molecule has 1 aromatic rings. The van der Waals surface area contributed by atoms with Crippen LogP contribution < -0.4 is 9.64 Å². The molecule has 0 radical (unpaired) electrons. The smallest absolute Gasteiger partial charge is 0.311 e. The van der Waals surface area contributed by atoms with Crippen LogP contribution in [0.15, 0.2) is 12.1 Å². The van der Waals surface area contributed by atoms with Crippen molar-refractivity contribution in [1.29, 1.82) is 0 Å². The zero-order valence-electron chi connectivity index (χ0n) is 12.5. The van der Waals surface area contributed by atoms with Gasteiger partial charge >= 0.3 is 5.69 Å². The summed E-state index contributed by atoms with van der Waals surface area (Å²) in [6.45, 7) is 3.65. The van der Waals surface area contributed by atoms with Gasteiger partial charge in [-0.15, -0.1) is 0 Å². The first-order valence-corrected chi connectivity index (χ1v) is 7.10. The van der Waals surface area contributed by atoms with E-state index in [1.54, 1.807) is 12.1 Å². The van der Waals surface area contributed by atoms with Gasteiger partial charge in [-0.1, -0.05) is 0 Å². The number of fused-ring (bicyclic) bond motifs is 1. The van der Waals surface area contributed by atoms with E-state index in [4.69, 9.17) is 4.74 Å². The normalized spacial score (nSPS) is 18.1. The lowest BCUT2D eigenvalue weighted by Crippen LogP contribution is -2.32. The molecule has 0 saturated carbocycles. The van der Waals surface area contributed by atoms with Crippen molar-refractivity contribution in [3.05, 3.63) is 27.8 Å². The molecule has 114 valence electrons. The topological polar surface area (TPSA) is 72.7 Å². The molecule has 0 fully saturated rings. The van der Waals surface area contributed by atoms with Crippen molar-refractivity contribution in [2.24, 2.45) is 0 Å². The molecule has 6 heteroatoms. The summed E-state index contributed by atoms with van der Waals surface area (Å²) in [7, 11) is 1.84. The predicted octanol–water partition coefficient (Wildman–Crippen LogP) is 2.72. The summed E-state index contributed by atoms with van der Waals surface area (Å²) in [6, 6.07) is 3.08. The summed E-state index contributed by atoms with van der Waals surface area (Å²) in [6.07, 6.45) is 3.09. The summed E-state index contributed by atoms with van der Waals surface area (Å²) in [5, 5.41) is 11.2. The van der Waals surface area contributed by atoms with Crippen LogP contribution in [0.4, 0.5) is 11.4 Å². The number of likely N-dealkylation sites (N-methyl/N-ethyl adjacent to an activating group) is 1. The van der Waals surface area contributed by atoms with Crippen LogP contribution in [-0.2, 0) is 11.2 Å². The summed E-state index contributed by atoms with van der Waals surface area (Å²) in [5.41, 5.74) is 1.72. The van der Waals surface area contributed by atoms with E-state index in [-0.39, 0.29) is 23.6 Å². The third kappa shape index (κ3) is 3.15. The highest BCUT2D eigenvalue weighted by Gasteiger charge is 2.26. The van der Waals surface area contributed by atoms with Gasteiger partial charge < -0.3 is 14.4 Å². The highest BCUT2D eigenvalue weighted by atomic mass is 16.6. The zero-order valence-corrected chi connectivity index (χ0v) is 12.5. The Hall–Kier alpha value is -2.11. The third-order valence-electron chi connectivity index (χ3n) is 3.70. The number of aldehydes is 1. The van der Waals surface area contributed by atoms with Crippen molar-refractivity contribution in [3.63, 3.8) is 0 Å². The summed E-state index contributed by atoms with van der Waals surface area (Å²) in [4.78, 5) is 23.9. The predicted molar refractivity (Wildman–Crippen MR) is 80.1 cm³/mol. The Labute approximate surface area is 123 Å². The van der Waals surface area contributed by atoms with E-state index in [0.717, 1.165) is 36.8 Å². The number of benzene rings is 1. The Kier molecular flexibility index (Phi) is 4.45. The molecule has 0 aromatic heterocycles. The van der Waals surface area contributed by atoms with Gasteiger partial charge in [-0.25, -0.2) is 0 Å². The van der Waals surface area contributed by atoms with E-state index >= 15 is 0 Å². The molecule has 1 aliphatic heterocycles. The lowest BCUT2D eigenvalue weighted by Gasteiger charge is -2.25. The standard InChI is InChI=1S/C15H20N2O4/c1-10(2)21-15-8-13-11(7-14(15)17(19)20)5-4-6-12(9-18)16(13)3/h7-10,12H,4-6H2,1-3H3. The van der Waals surface area contributed by atoms with Crippen molar-refractivity contribution >= 4 is 17.7 Å². The van der Waals surface area contributed by atoms with Crippen LogP contribution in [-0.4, -0.2) is 30.4 Å². The molecule has 21 heavy (non-hydrogen) atoms. The second kappa shape index (κ2) is 6.11. The van der Waals surface area contributed by atoms with Gasteiger partial charge in [0.15, 0.2) is 5.75 Å². The lowest BCUT2D eigenvalue weighted by molar-refractivity contribution is -0.386. The second-order valence-electron chi connectivity index (χ2n) is 5.58. The van der Waals surface area contributed by atoms with Crippen molar-refractivity contribution in [3.8, 4) is 5.75 Å². The quantitative estimate of drug-likeness (QED) is 0.484. The Balaban J connectivity index is 2.53. The number of rotatable bonds is 4. The number of nitro groups is 1. The molecule has 1 unspecified atom stereocenters. The summed E-state index contributed by atoms with van der Waals surface area (Å²) in [5.74, 6) is 0.257. The molecule has 1 aromatic carbocycles. The monoisotopic (exact) mass is 292 g/mol. The van der Waals surface area contributed by atoms with Gasteiger partial charge in [0.1, 0.15) is 6.29 Å². The Morgan fingerprint density at radius 2 is 2.19 bits per heavy atom. The van der Waals surface area contributed by atoms with Gasteiger partial charge in [-0.2, -0.15) is 0 Å². The number of hydrogen-bond donors (Lipinski definition) is 0. The molecule has 0 spiro atoms. The van der Waals surface area contributed by atoms with Crippen molar-refractivity contribution < 1.29 is 14.5 Å². The van der Waals surface area contributed by atoms with Crippen LogP contribution in [0.5, 0.6) is 5.75 Å². The maximum atomic E-state index is 11.2. The van der Waals surface area contributed by atoms with Crippen LogP contribution in [0.25, 0.3) is 0 Å². The van der Waals surface area contributed by atoms with Gasteiger partial charge in [0, 0.05) is 24.9 Å². The number of hydrogen-bond acceptors (Lipinski definition) is 5. The van der Waals surface area contributed by atoms with Gasteiger partial charge in [-0.3, -0.25) is 10.1 Å². The lowest BCUT2D eigenvalue weighted by atomic mass is 10.1. The van der Waals surface area contributed by atoms with E-state index in [0.29, 0.717) is 0 Å². The van der Waals surface area contributed by atoms with Crippen molar-refractivity contribution in [1.82, 2.24) is 0 Å². The molecule has 2 rings (SSSR count). The van der Waals surface area contributed by atoms with E-state index in [1.165, 1.54) is 0 Å². The van der Waals surface area contributed by atoms with E-state index in [1.807, 2.05) is 25.8 Å². The molecular weight excluding hydrogens is 272 g/mol. The molecule has 0 saturated heterocycles. The summed E-state index contributed by atoms with van der Waals surface area (Å²) < 4.78 is 5.57. The van der Waals surface area contributed by atoms with Crippen molar-refractivity contribution in [2.75, 3.05) is 11.9 Å². The second-order valence-corrected chi connectivity index (χ2v) is 5.58. The van der Waals surface area contributed by atoms with Gasteiger partial charge in [0.25, 0.3) is 0 Å². The number of nitro benzene ring substituents is 1. The first-order chi connectivity index (χ1) is 9.93. The number of carbonyl (C=O) groups excluding carboxylic acids is 1. The number of aryl methyl sites for hydroxylation is 1. The minimum Gasteiger partial charge on any atom is -0.484 e. The Bertz CT molecular complexity index is 557. The van der Waals surface area contributed by atoms with Gasteiger partial charge in [0.2, 0.25) is 0 Å². The molecular formula is C15H20N2O4. The largest absolute Gasteiger partial charge is 0.484 e. The molecule has 0 amide bonds. The van der Waals surface area contributed by atoms with Crippen LogP contribution in [0.3, 0.4) is 0 Å². The number of nitrogens with zero attached hydrogens (tertiary/aromatic N) is 2. The molecule has 6 nitrogen and oxygen atoms in total. The minimum atomic E-state index is -0.417. The molecule has 0 bridgehead atoms. The molecule has 1 aliphatic rings. The van der Waals surface area contributed by atoms with E-state index < -0.39 is 4.92 Å². The van der Waals surface area contributed by atoms with Gasteiger partial charge in [0.05, 0.1) is 17.1 Å². The molecule has 0 aliphatic carbocycles. The highest BCUT2D eigenvalue weighted by molar-refractivity contribution is 5.71. The van der Waals surface area contributed by atoms with Crippen LogP contribution in [0.1, 0.15) is 32.3 Å². The van der Waals surface area contributed by atoms with Crippen LogP contribution in [0.2, 0.25) is 0 Å². The van der Waals surface area contributed by atoms with Gasteiger partial charge in [-0.05, 0) is 38.7 Å². The molecule has 1 heterocycles. The SMILES string of the molecule is CC(C)Oc1cc2c(cc1[N+](=O)[O-])CCCC(C=O)N2C. The minimum absolute atomic E-state index is 0.0135. The fourth-order valence-corrected chi connectivity index (χ4v) is 2.65. The Morgan fingerprint density at radius 3 is 2.76 bits per heavy atom. The molecule has 1 atom stereocenters. The number of carbonyl (C=O) groups is 1. The Morgan fingerprint density at radius 1 is 1.48 bits per heavy atom. The maximum absolute atomic E-state index is 11.2. The van der Waals surface area contributed by atoms with E-state index in [2.05, 4.69) is 0 Å². The number of anilines is 1. The third-order valence-corrected chi connectivity index (χ3v) is 3.70. The fourth-order valence-electron chi connectivity index (χ4n) is 2.65. The first-order valence-electron chi connectivity index (χ1n) is 7.10.